The van der Waals surface area contributed by atoms with E-state index in [0.717, 1.165) is 11.4 Å². The van der Waals surface area contributed by atoms with Crippen molar-refractivity contribution in [2.45, 2.75) is 18.5 Å². The number of amides is 3. The predicted molar refractivity (Wildman–Crippen MR) is 85.1 cm³/mol. The van der Waals surface area contributed by atoms with Crippen LogP contribution in [0.4, 0.5) is 4.79 Å². The fourth-order valence-electron chi connectivity index (χ4n) is 2.95. The van der Waals surface area contributed by atoms with Crippen molar-refractivity contribution < 1.29 is 9.59 Å². The van der Waals surface area contributed by atoms with Gasteiger partial charge in [0.15, 0.2) is 5.82 Å². The Bertz CT molecular complexity index is 754. The molecule has 2 aromatic rings. The quantitative estimate of drug-likeness (QED) is 0.856. The van der Waals surface area contributed by atoms with Gasteiger partial charge in [-0.2, -0.15) is 16.9 Å². The molecule has 0 aliphatic carbocycles. The summed E-state index contributed by atoms with van der Waals surface area (Å²) in [6.07, 6.45) is 2.12. The molecule has 1 unspecified atom stereocenters. The average Bonchev–Trinajstić information content (AvgIpc) is 3.26. The van der Waals surface area contributed by atoms with Gasteiger partial charge in [-0.15, -0.1) is 0 Å². The van der Waals surface area contributed by atoms with E-state index in [1.54, 1.807) is 16.4 Å². The zero-order chi connectivity index (χ0) is 15.9. The van der Waals surface area contributed by atoms with Gasteiger partial charge in [0.1, 0.15) is 11.9 Å². The third kappa shape index (κ3) is 2.29. The van der Waals surface area contributed by atoms with E-state index in [2.05, 4.69) is 15.4 Å². The maximum Gasteiger partial charge on any atom is 0.325 e. The van der Waals surface area contributed by atoms with Crippen molar-refractivity contribution >= 4 is 23.7 Å². The maximum absolute atomic E-state index is 12.7. The zero-order valence-electron chi connectivity index (χ0n) is 12.3. The summed E-state index contributed by atoms with van der Waals surface area (Å²) in [7, 11) is 0. The number of hydrogen-bond acceptors (Lipinski definition) is 5. The second kappa shape index (κ2) is 5.38. The highest BCUT2D eigenvalue weighted by molar-refractivity contribution is 7.99. The smallest absolute Gasteiger partial charge is 0.322 e. The molecular weight excluding hydrogens is 314 g/mol. The highest BCUT2D eigenvalue weighted by Crippen LogP contribution is 2.33. The molecule has 2 aliphatic rings. The largest absolute Gasteiger partial charge is 0.325 e. The lowest BCUT2D eigenvalue weighted by molar-refractivity contribution is -0.131. The highest BCUT2D eigenvalue weighted by atomic mass is 32.2. The fraction of sp³-hybridized carbons (Fsp3) is 0.333. The van der Waals surface area contributed by atoms with Crippen LogP contribution in [0, 0.1) is 0 Å². The molecule has 8 heteroatoms. The second-order valence-corrected chi connectivity index (χ2v) is 6.73. The standard InChI is InChI=1S/C15H15N5O2S/c21-13-15(6-7-23-9-15)18-14(22)19(13)8-12-16-10-17-20(12)11-4-2-1-3-5-11/h1-5,10H,6-9H2,(H,18,22). The molecule has 0 radical (unpaired) electrons. The Morgan fingerprint density at radius 3 is 2.83 bits per heavy atom. The van der Waals surface area contributed by atoms with Gasteiger partial charge in [0, 0.05) is 5.75 Å². The fourth-order valence-corrected chi connectivity index (χ4v) is 4.28. The summed E-state index contributed by atoms with van der Waals surface area (Å²) < 4.78 is 1.65. The van der Waals surface area contributed by atoms with Gasteiger partial charge in [0.05, 0.1) is 12.2 Å². The number of imide groups is 1. The molecule has 2 aliphatic heterocycles. The maximum atomic E-state index is 12.7. The summed E-state index contributed by atoms with van der Waals surface area (Å²) in [6, 6.07) is 9.18. The van der Waals surface area contributed by atoms with E-state index in [1.165, 1.54) is 11.2 Å². The Hall–Kier alpha value is -2.35. The van der Waals surface area contributed by atoms with Gasteiger partial charge in [-0.3, -0.25) is 9.69 Å². The third-order valence-electron chi connectivity index (χ3n) is 4.19. The van der Waals surface area contributed by atoms with E-state index in [9.17, 15) is 9.59 Å². The Kier molecular flexibility index (Phi) is 3.33. The third-order valence-corrected chi connectivity index (χ3v) is 5.38. The van der Waals surface area contributed by atoms with Gasteiger partial charge in [0.2, 0.25) is 0 Å². The molecule has 1 N–H and O–H groups in total. The van der Waals surface area contributed by atoms with Crippen LogP contribution in [0.3, 0.4) is 0 Å². The first kappa shape index (κ1) is 14.3. The van der Waals surface area contributed by atoms with Gasteiger partial charge in [0.25, 0.3) is 5.91 Å². The Morgan fingerprint density at radius 2 is 2.09 bits per heavy atom. The minimum atomic E-state index is -0.723. The van der Waals surface area contributed by atoms with Crippen LogP contribution in [0.2, 0.25) is 0 Å². The SMILES string of the molecule is O=C1NC2(CCSC2)C(=O)N1Cc1ncnn1-c1ccccc1. The first-order valence-electron chi connectivity index (χ1n) is 7.36. The minimum absolute atomic E-state index is 0.117. The normalized spacial score (nSPS) is 23.7. The van der Waals surface area contributed by atoms with Crippen LogP contribution >= 0.6 is 11.8 Å². The van der Waals surface area contributed by atoms with Gasteiger partial charge in [-0.05, 0) is 24.3 Å². The first-order valence-corrected chi connectivity index (χ1v) is 8.51. The van der Waals surface area contributed by atoms with Crippen molar-refractivity contribution in [3.8, 4) is 5.69 Å². The van der Waals surface area contributed by atoms with E-state index in [0.29, 0.717) is 18.0 Å². The van der Waals surface area contributed by atoms with Crippen molar-refractivity contribution in [3.63, 3.8) is 0 Å². The molecule has 4 rings (SSSR count). The van der Waals surface area contributed by atoms with Crippen molar-refractivity contribution in [2.75, 3.05) is 11.5 Å². The minimum Gasteiger partial charge on any atom is -0.322 e. The molecule has 1 spiro atoms. The average molecular weight is 329 g/mol. The molecule has 7 nitrogen and oxygen atoms in total. The summed E-state index contributed by atoms with van der Waals surface area (Å²) in [4.78, 5) is 30.4. The summed E-state index contributed by atoms with van der Waals surface area (Å²) >= 11 is 1.69. The van der Waals surface area contributed by atoms with Gasteiger partial charge >= 0.3 is 6.03 Å². The Labute approximate surface area is 137 Å². The molecule has 23 heavy (non-hydrogen) atoms. The molecular formula is C15H15N5O2S. The number of urea groups is 1. The van der Waals surface area contributed by atoms with Crippen LogP contribution in [0.15, 0.2) is 36.7 Å². The number of nitrogens with zero attached hydrogens (tertiary/aromatic N) is 4. The molecule has 1 aromatic heterocycles. The Morgan fingerprint density at radius 1 is 1.26 bits per heavy atom. The van der Waals surface area contributed by atoms with Crippen LogP contribution in [0.1, 0.15) is 12.2 Å². The molecule has 2 fully saturated rings. The number of aromatic nitrogens is 3. The summed E-state index contributed by atoms with van der Waals surface area (Å²) in [6.45, 7) is 0.117. The molecule has 1 atom stereocenters. The van der Waals surface area contributed by atoms with E-state index in [-0.39, 0.29) is 18.5 Å². The zero-order valence-corrected chi connectivity index (χ0v) is 13.1. The van der Waals surface area contributed by atoms with Crippen LogP contribution in [0.25, 0.3) is 5.69 Å². The number of benzene rings is 1. The van der Waals surface area contributed by atoms with Gasteiger partial charge in [-0.1, -0.05) is 18.2 Å². The number of nitrogens with one attached hydrogen (secondary N) is 1. The highest BCUT2D eigenvalue weighted by Gasteiger charge is 2.53. The lowest BCUT2D eigenvalue weighted by Crippen LogP contribution is -2.47. The number of carbonyl (C=O) groups excluding carboxylic acids is 2. The van der Waals surface area contributed by atoms with E-state index >= 15 is 0 Å². The number of carbonyl (C=O) groups is 2. The van der Waals surface area contributed by atoms with Crippen LogP contribution < -0.4 is 5.32 Å². The first-order chi connectivity index (χ1) is 11.2. The predicted octanol–water partition coefficient (Wildman–Crippen LogP) is 1.19. The van der Waals surface area contributed by atoms with E-state index in [1.807, 2.05) is 30.3 Å². The topological polar surface area (TPSA) is 80.1 Å². The second-order valence-electron chi connectivity index (χ2n) is 5.63. The number of hydrogen-bond donors (Lipinski definition) is 1. The van der Waals surface area contributed by atoms with E-state index in [4.69, 9.17) is 0 Å². The summed E-state index contributed by atoms with van der Waals surface area (Å²) in [5.74, 6) is 1.93. The number of thioether (sulfide) groups is 1. The van der Waals surface area contributed by atoms with Crippen molar-refractivity contribution in [2.24, 2.45) is 0 Å². The van der Waals surface area contributed by atoms with Gasteiger partial charge in [-0.25, -0.2) is 14.5 Å². The molecule has 118 valence electrons. The molecule has 3 heterocycles. The van der Waals surface area contributed by atoms with Gasteiger partial charge < -0.3 is 5.32 Å². The number of para-hydroxylation sites is 1. The van der Waals surface area contributed by atoms with Crippen molar-refractivity contribution in [3.05, 3.63) is 42.5 Å². The molecule has 3 amide bonds. The summed E-state index contributed by atoms with van der Waals surface area (Å²) in [5.41, 5.74) is 0.123. The lowest BCUT2D eigenvalue weighted by Gasteiger charge is -2.19. The van der Waals surface area contributed by atoms with Crippen LogP contribution in [-0.2, 0) is 11.3 Å². The lowest BCUT2D eigenvalue weighted by atomic mass is 9.99. The van der Waals surface area contributed by atoms with Crippen LogP contribution in [-0.4, -0.2) is 48.6 Å². The van der Waals surface area contributed by atoms with Crippen LogP contribution in [0.5, 0.6) is 0 Å². The molecule has 1 aromatic carbocycles. The van der Waals surface area contributed by atoms with Crippen molar-refractivity contribution in [1.82, 2.24) is 25.0 Å². The monoisotopic (exact) mass is 329 g/mol. The summed E-state index contributed by atoms with van der Waals surface area (Å²) in [5, 5.41) is 7.06. The molecule has 0 saturated carbocycles. The Balaban J connectivity index is 1.61. The molecule has 2 saturated heterocycles. The molecule has 0 bridgehead atoms. The van der Waals surface area contributed by atoms with E-state index < -0.39 is 5.54 Å². The number of rotatable bonds is 3. The van der Waals surface area contributed by atoms with Crippen molar-refractivity contribution in [1.29, 1.82) is 0 Å².